The number of hydrogen-bond acceptors (Lipinski definition) is 2. The Balaban J connectivity index is 2.16. The van der Waals surface area contributed by atoms with Gasteiger partial charge in [0.1, 0.15) is 6.61 Å². The van der Waals surface area contributed by atoms with Crippen LogP contribution in [0.5, 0.6) is 0 Å². The third-order valence-electron chi connectivity index (χ3n) is 2.80. The number of benzene rings is 2. The highest BCUT2D eigenvalue weighted by molar-refractivity contribution is 9.10. The second-order valence-electron chi connectivity index (χ2n) is 4.40. The molecule has 0 spiro atoms. The van der Waals surface area contributed by atoms with E-state index < -0.39 is 25.0 Å². The number of carbonyl (C=O) groups is 1. The van der Waals surface area contributed by atoms with Gasteiger partial charge in [0, 0.05) is 10.0 Å². The zero-order valence-corrected chi connectivity index (χ0v) is 12.0. The number of hydrogen-bond donors (Lipinski definition) is 2. The number of aliphatic hydroxyl groups is 1. The molecule has 0 aliphatic heterocycles. The van der Waals surface area contributed by atoms with Crippen molar-refractivity contribution in [1.82, 2.24) is 5.32 Å². The molecule has 20 heavy (non-hydrogen) atoms. The fraction of sp³-hybridized carbons (Fsp3) is 0.214. The van der Waals surface area contributed by atoms with Crippen molar-refractivity contribution in [1.29, 1.82) is 0 Å². The average Bonchev–Trinajstić information content (AvgIpc) is 2.44. The molecule has 2 rings (SSSR count). The fourth-order valence-electron chi connectivity index (χ4n) is 1.73. The summed E-state index contributed by atoms with van der Waals surface area (Å²) in [5.74, 6) is -3.90. The minimum absolute atomic E-state index is 0.300. The van der Waals surface area contributed by atoms with Crippen LogP contribution in [0.3, 0.4) is 0 Å². The molecule has 0 saturated heterocycles. The minimum atomic E-state index is -3.31. The number of carbonyl (C=O) groups excluding carboxylic acids is 1. The van der Waals surface area contributed by atoms with Crippen molar-refractivity contribution in [2.75, 3.05) is 13.2 Å². The Kier molecular flexibility index (Phi) is 4.35. The van der Waals surface area contributed by atoms with Gasteiger partial charge in [-0.15, -0.1) is 0 Å². The third-order valence-corrected chi connectivity index (χ3v) is 3.30. The van der Waals surface area contributed by atoms with Crippen molar-refractivity contribution in [2.24, 2.45) is 0 Å². The number of rotatable bonds is 4. The lowest BCUT2D eigenvalue weighted by Crippen LogP contribution is -2.38. The van der Waals surface area contributed by atoms with E-state index in [2.05, 4.69) is 21.2 Å². The number of nitrogens with one attached hydrogen (secondary N) is 1. The first-order valence-electron chi connectivity index (χ1n) is 5.87. The number of aliphatic hydroxyl groups excluding tert-OH is 1. The highest BCUT2D eigenvalue weighted by atomic mass is 79.9. The second-order valence-corrected chi connectivity index (χ2v) is 5.32. The molecule has 0 fully saturated rings. The first kappa shape index (κ1) is 14.9. The van der Waals surface area contributed by atoms with Crippen LogP contribution in [0.2, 0.25) is 0 Å². The Morgan fingerprint density at radius 3 is 2.55 bits per heavy atom. The predicted molar refractivity (Wildman–Crippen MR) is 76.0 cm³/mol. The Hall–Kier alpha value is -1.53. The molecule has 0 radical (unpaired) electrons. The molecule has 0 unspecified atom stereocenters. The van der Waals surface area contributed by atoms with Gasteiger partial charge in [-0.3, -0.25) is 4.79 Å². The molecule has 2 aromatic rings. The van der Waals surface area contributed by atoms with Gasteiger partial charge in [0.25, 0.3) is 11.8 Å². The van der Waals surface area contributed by atoms with Crippen LogP contribution in [0, 0.1) is 0 Å². The van der Waals surface area contributed by atoms with Crippen LogP contribution in [0.1, 0.15) is 10.4 Å². The van der Waals surface area contributed by atoms with Crippen molar-refractivity contribution in [3.63, 3.8) is 0 Å². The minimum Gasteiger partial charge on any atom is -0.390 e. The van der Waals surface area contributed by atoms with Crippen LogP contribution in [0.25, 0.3) is 10.8 Å². The van der Waals surface area contributed by atoms with Crippen molar-refractivity contribution in [3.8, 4) is 0 Å². The Labute approximate surface area is 122 Å². The highest BCUT2D eigenvalue weighted by Crippen LogP contribution is 2.21. The standard InChI is InChI=1S/C14H12BrF2NO2/c15-12-4-3-9-5-11(2-1-10(9)6-12)13(20)18-7-14(16,17)8-19/h1-6,19H,7-8H2,(H,18,20). The normalized spacial score (nSPS) is 11.6. The van der Waals surface area contributed by atoms with E-state index in [1.54, 1.807) is 18.2 Å². The summed E-state index contributed by atoms with van der Waals surface area (Å²) in [6.45, 7) is -2.18. The zero-order valence-electron chi connectivity index (χ0n) is 10.4. The van der Waals surface area contributed by atoms with Gasteiger partial charge in [-0.05, 0) is 35.0 Å². The maximum atomic E-state index is 12.9. The van der Waals surface area contributed by atoms with Gasteiger partial charge < -0.3 is 10.4 Å². The Bertz CT molecular complexity index is 646. The summed E-state index contributed by atoms with van der Waals surface area (Å²) < 4.78 is 26.6. The zero-order chi connectivity index (χ0) is 14.8. The van der Waals surface area contributed by atoms with Gasteiger partial charge in [0.05, 0.1) is 6.54 Å². The molecule has 2 N–H and O–H groups in total. The molecule has 0 heterocycles. The second kappa shape index (κ2) is 5.85. The molecule has 0 atom stereocenters. The SMILES string of the molecule is O=C(NCC(F)(F)CO)c1ccc2cc(Br)ccc2c1. The van der Waals surface area contributed by atoms with Gasteiger partial charge >= 0.3 is 0 Å². The Morgan fingerprint density at radius 1 is 1.20 bits per heavy atom. The molecule has 0 bridgehead atoms. The van der Waals surface area contributed by atoms with Crippen LogP contribution in [0.4, 0.5) is 8.78 Å². The molecule has 0 saturated carbocycles. The van der Waals surface area contributed by atoms with E-state index in [1.165, 1.54) is 0 Å². The lowest BCUT2D eigenvalue weighted by atomic mass is 10.1. The predicted octanol–water partition coefficient (Wildman–Crippen LogP) is 2.96. The average molecular weight is 344 g/mol. The van der Waals surface area contributed by atoms with Gasteiger partial charge in [-0.25, -0.2) is 8.78 Å². The first-order chi connectivity index (χ1) is 9.41. The number of amides is 1. The van der Waals surface area contributed by atoms with Crippen molar-refractivity contribution < 1.29 is 18.7 Å². The number of alkyl halides is 2. The summed E-state index contributed by atoms with van der Waals surface area (Å²) in [5.41, 5.74) is 0.300. The molecule has 3 nitrogen and oxygen atoms in total. The topological polar surface area (TPSA) is 49.3 Å². The maximum Gasteiger partial charge on any atom is 0.287 e. The van der Waals surface area contributed by atoms with Gasteiger partial charge in [0.15, 0.2) is 0 Å². The summed E-state index contributed by atoms with van der Waals surface area (Å²) in [5, 5.41) is 12.3. The van der Waals surface area contributed by atoms with E-state index in [0.29, 0.717) is 5.56 Å². The van der Waals surface area contributed by atoms with E-state index >= 15 is 0 Å². The largest absolute Gasteiger partial charge is 0.390 e. The van der Waals surface area contributed by atoms with Gasteiger partial charge in [0.2, 0.25) is 0 Å². The highest BCUT2D eigenvalue weighted by Gasteiger charge is 2.28. The van der Waals surface area contributed by atoms with Crippen molar-refractivity contribution in [3.05, 3.63) is 46.4 Å². The molecule has 0 aromatic heterocycles. The van der Waals surface area contributed by atoms with E-state index in [1.807, 2.05) is 18.2 Å². The van der Waals surface area contributed by atoms with Crippen molar-refractivity contribution in [2.45, 2.75) is 5.92 Å². The van der Waals surface area contributed by atoms with Crippen LogP contribution in [-0.4, -0.2) is 30.1 Å². The molecular weight excluding hydrogens is 332 g/mol. The summed E-state index contributed by atoms with van der Waals surface area (Å²) in [6.07, 6.45) is 0. The Morgan fingerprint density at radius 2 is 1.85 bits per heavy atom. The molecule has 0 aliphatic rings. The summed E-state index contributed by atoms with van der Waals surface area (Å²) in [6, 6.07) is 10.5. The van der Waals surface area contributed by atoms with Crippen LogP contribution >= 0.6 is 15.9 Å². The van der Waals surface area contributed by atoms with E-state index in [0.717, 1.165) is 15.2 Å². The lowest BCUT2D eigenvalue weighted by molar-refractivity contribution is -0.0462. The van der Waals surface area contributed by atoms with E-state index in [9.17, 15) is 13.6 Å². The van der Waals surface area contributed by atoms with Crippen LogP contribution in [0.15, 0.2) is 40.9 Å². The fourth-order valence-corrected chi connectivity index (χ4v) is 2.10. The molecule has 0 aliphatic carbocycles. The number of halogens is 3. The molecule has 6 heteroatoms. The summed E-state index contributed by atoms with van der Waals surface area (Å²) in [4.78, 5) is 11.8. The monoisotopic (exact) mass is 343 g/mol. The molecule has 106 valence electrons. The molecular formula is C14H12BrF2NO2. The number of fused-ring (bicyclic) bond motifs is 1. The maximum absolute atomic E-state index is 12.9. The smallest absolute Gasteiger partial charge is 0.287 e. The van der Waals surface area contributed by atoms with Gasteiger partial charge in [-0.2, -0.15) is 0 Å². The molecule has 1 amide bonds. The van der Waals surface area contributed by atoms with E-state index in [-0.39, 0.29) is 0 Å². The van der Waals surface area contributed by atoms with E-state index in [4.69, 9.17) is 5.11 Å². The van der Waals surface area contributed by atoms with Crippen LogP contribution < -0.4 is 5.32 Å². The lowest BCUT2D eigenvalue weighted by Gasteiger charge is -2.14. The quantitative estimate of drug-likeness (QED) is 0.896. The van der Waals surface area contributed by atoms with Crippen LogP contribution in [-0.2, 0) is 0 Å². The van der Waals surface area contributed by atoms with Gasteiger partial charge in [-0.1, -0.05) is 28.1 Å². The van der Waals surface area contributed by atoms with Crippen molar-refractivity contribution >= 4 is 32.6 Å². The summed E-state index contributed by atoms with van der Waals surface area (Å²) >= 11 is 3.35. The molecule has 2 aromatic carbocycles. The third kappa shape index (κ3) is 3.52. The summed E-state index contributed by atoms with van der Waals surface area (Å²) in [7, 11) is 0. The first-order valence-corrected chi connectivity index (χ1v) is 6.67.